The number of amides is 1. The predicted octanol–water partition coefficient (Wildman–Crippen LogP) is 6.99. The monoisotopic (exact) mass is 701 g/mol. The average molecular weight is 701 g/mol. The third-order valence-electron chi connectivity index (χ3n) is 6.20. The molecule has 5 rings (SSSR count). The molecule has 1 heterocycles. The summed E-state index contributed by atoms with van der Waals surface area (Å²) in [6, 6.07) is 26.4. The molecule has 0 unspecified atom stereocenters. The Morgan fingerprint density at radius 1 is 0.917 bits per heavy atom. The van der Waals surface area contributed by atoms with Gasteiger partial charge in [0.15, 0.2) is 0 Å². The molecule has 4 aromatic carbocycles. The Labute approximate surface area is 238 Å². The maximum Gasteiger partial charge on any atom is 0.271 e. The van der Waals surface area contributed by atoms with Crippen LogP contribution in [-0.4, -0.2) is 25.2 Å². The maximum atomic E-state index is 12.5. The zero-order valence-electron chi connectivity index (χ0n) is 19.6. The molecule has 4 aromatic rings. The summed E-state index contributed by atoms with van der Waals surface area (Å²) in [6.45, 7) is 2.66. The number of carbonyl (C=O) groups is 1. The lowest BCUT2D eigenvalue weighted by Gasteiger charge is -2.17. The molecule has 0 bridgehead atoms. The van der Waals surface area contributed by atoms with Gasteiger partial charge in [-0.25, -0.2) is 5.43 Å². The van der Waals surface area contributed by atoms with Crippen LogP contribution in [0.4, 0.5) is 5.69 Å². The summed E-state index contributed by atoms with van der Waals surface area (Å²) in [4.78, 5) is 14.8. The topological polar surface area (TPSA) is 53.9 Å². The van der Waals surface area contributed by atoms with Crippen LogP contribution >= 0.6 is 45.2 Å². The molecule has 1 saturated heterocycles. The fraction of sp³-hybridized carbons (Fsp3) is 0.172. The Morgan fingerprint density at radius 3 is 2.33 bits per heavy atom. The molecule has 1 amide bonds. The minimum absolute atomic E-state index is 0.223. The average Bonchev–Trinajstić information content (AvgIpc) is 3.43. The lowest BCUT2D eigenvalue weighted by molar-refractivity contribution is 0.0955. The first kappa shape index (κ1) is 25.0. The van der Waals surface area contributed by atoms with E-state index in [1.807, 2.05) is 48.5 Å². The number of anilines is 1. The van der Waals surface area contributed by atoms with Gasteiger partial charge in [0.2, 0.25) is 0 Å². The van der Waals surface area contributed by atoms with Gasteiger partial charge in [-0.05, 0) is 122 Å². The van der Waals surface area contributed by atoms with Crippen molar-refractivity contribution in [2.45, 2.75) is 19.4 Å². The molecule has 0 radical (unpaired) electrons. The largest absolute Gasteiger partial charge is 0.487 e. The number of fused-ring (bicyclic) bond motifs is 1. The summed E-state index contributed by atoms with van der Waals surface area (Å²) in [5.74, 6) is 0.627. The van der Waals surface area contributed by atoms with E-state index in [1.54, 1.807) is 6.21 Å². The first-order valence-electron chi connectivity index (χ1n) is 11.8. The van der Waals surface area contributed by atoms with Crippen molar-refractivity contribution in [2.75, 3.05) is 18.0 Å². The molecule has 1 aliphatic rings. The predicted molar refractivity (Wildman–Crippen MR) is 163 cm³/mol. The highest BCUT2D eigenvalue weighted by Crippen LogP contribution is 2.30. The minimum atomic E-state index is -0.223. The van der Waals surface area contributed by atoms with Gasteiger partial charge in [0.1, 0.15) is 12.4 Å². The van der Waals surface area contributed by atoms with E-state index < -0.39 is 0 Å². The van der Waals surface area contributed by atoms with E-state index in [-0.39, 0.29) is 5.91 Å². The Hall–Kier alpha value is -2.66. The third kappa shape index (κ3) is 6.00. The van der Waals surface area contributed by atoms with Gasteiger partial charge < -0.3 is 9.64 Å². The lowest BCUT2D eigenvalue weighted by atomic mass is 10.1. The van der Waals surface area contributed by atoms with Crippen LogP contribution in [0.5, 0.6) is 5.75 Å². The molecule has 182 valence electrons. The Kier molecular flexibility index (Phi) is 8.05. The second-order valence-electron chi connectivity index (χ2n) is 8.72. The fourth-order valence-corrected chi connectivity index (χ4v) is 6.43. The summed E-state index contributed by atoms with van der Waals surface area (Å²) in [7, 11) is 0. The van der Waals surface area contributed by atoms with Crippen molar-refractivity contribution in [3.8, 4) is 5.75 Å². The number of hydrogen-bond acceptors (Lipinski definition) is 4. The zero-order valence-corrected chi connectivity index (χ0v) is 23.9. The van der Waals surface area contributed by atoms with Crippen LogP contribution in [0, 0.1) is 7.14 Å². The molecule has 1 N–H and O–H groups in total. The maximum absolute atomic E-state index is 12.5. The third-order valence-corrected chi connectivity index (χ3v) is 7.80. The van der Waals surface area contributed by atoms with E-state index in [0.717, 1.165) is 37.1 Å². The standard InChI is InChI=1S/C29H25I2N3O2/c30-26-16-21(18-32-33-29(35)23-9-11-25(12-10-23)34-13-3-4-14-34)17-27(31)28(26)36-19-20-7-8-22-5-1-2-6-24(22)15-20/h1-2,5-12,15-18H,3-4,13-14,19H2,(H,33,35)/b32-18-. The second-order valence-corrected chi connectivity index (χ2v) is 11.0. The van der Waals surface area contributed by atoms with Crippen LogP contribution in [0.3, 0.4) is 0 Å². The van der Waals surface area contributed by atoms with Gasteiger partial charge in [-0.3, -0.25) is 4.79 Å². The first-order chi connectivity index (χ1) is 17.6. The molecule has 0 aliphatic carbocycles. The van der Waals surface area contributed by atoms with Gasteiger partial charge in [-0.15, -0.1) is 0 Å². The van der Waals surface area contributed by atoms with Crippen molar-refractivity contribution >= 4 is 73.8 Å². The molecule has 7 heteroatoms. The van der Waals surface area contributed by atoms with Gasteiger partial charge in [-0.2, -0.15) is 5.10 Å². The van der Waals surface area contributed by atoms with Crippen LogP contribution in [0.25, 0.3) is 10.8 Å². The van der Waals surface area contributed by atoms with Gasteiger partial charge in [0, 0.05) is 24.3 Å². The van der Waals surface area contributed by atoms with Crippen LogP contribution in [0.15, 0.2) is 84.0 Å². The fourth-order valence-electron chi connectivity index (χ4n) is 4.30. The van der Waals surface area contributed by atoms with Crippen molar-refractivity contribution in [3.63, 3.8) is 0 Å². The molecule has 0 saturated carbocycles. The molecular formula is C29H25I2N3O2. The normalized spacial score (nSPS) is 13.4. The highest BCUT2D eigenvalue weighted by atomic mass is 127. The number of carbonyl (C=O) groups excluding carboxylic acids is 1. The SMILES string of the molecule is O=C(N/N=C\c1cc(I)c(OCc2ccc3ccccc3c2)c(I)c1)c1ccc(N2CCCC2)cc1. The number of benzene rings is 4. The summed E-state index contributed by atoms with van der Waals surface area (Å²) >= 11 is 4.56. The number of nitrogens with zero attached hydrogens (tertiary/aromatic N) is 2. The van der Waals surface area contributed by atoms with E-state index in [9.17, 15) is 4.79 Å². The zero-order chi connectivity index (χ0) is 24.9. The summed E-state index contributed by atoms with van der Waals surface area (Å²) < 4.78 is 8.15. The van der Waals surface area contributed by atoms with Crippen molar-refractivity contribution in [1.82, 2.24) is 5.43 Å². The lowest BCUT2D eigenvalue weighted by Crippen LogP contribution is -2.19. The molecular weight excluding hydrogens is 676 g/mol. The van der Waals surface area contributed by atoms with Crippen molar-refractivity contribution in [3.05, 3.63) is 103 Å². The molecule has 1 aliphatic heterocycles. The molecule has 0 aromatic heterocycles. The van der Waals surface area contributed by atoms with Crippen LogP contribution < -0.4 is 15.1 Å². The second kappa shape index (κ2) is 11.6. The van der Waals surface area contributed by atoms with Gasteiger partial charge in [-0.1, -0.05) is 36.4 Å². The Balaban J connectivity index is 1.19. The molecule has 0 atom stereocenters. The molecule has 0 spiro atoms. The quantitative estimate of drug-likeness (QED) is 0.129. The van der Waals surface area contributed by atoms with Crippen molar-refractivity contribution in [2.24, 2.45) is 5.10 Å². The number of hydrazone groups is 1. The van der Waals surface area contributed by atoms with E-state index in [0.29, 0.717) is 12.2 Å². The van der Waals surface area contributed by atoms with E-state index >= 15 is 0 Å². The smallest absolute Gasteiger partial charge is 0.271 e. The van der Waals surface area contributed by atoms with Crippen LogP contribution in [-0.2, 0) is 6.61 Å². The number of halogens is 2. The molecule has 1 fully saturated rings. The summed E-state index contributed by atoms with van der Waals surface area (Å²) in [6.07, 6.45) is 4.12. The van der Waals surface area contributed by atoms with Crippen LogP contribution in [0.1, 0.15) is 34.3 Å². The van der Waals surface area contributed by atoms with Crippen LogP contribution in [0.2, 0.25) is 0 Å². The Bertz CT molecular complexity index is 1390. The van der Waals surface area contributed by atoms with Crippen molar-refractivity contribution in [1.29, 1.82) is 0 Å². The van der Waals surface area contributed by atoms with Gasteiger partial charge in [0.25, 0.3) is 5.91 Å². The number of ether oxygens (including phenoxy) is 1. The van der Waals surface area contributed by atoms with Gasteiger partial charge in [0.05, 0.1) is 13.4 Å². The van der Waals surface area contributed by atoms with Crippen molar-refractivity contribution < 1.29 is 9.53 Å². The van der Waals surface area contributed by atoms with E-state index in [1.165, 1.54) is 29.3 Å². The highest BCUT2D eigenvalue weighted by molar-refractivity contribution is 14.1. The molecule has 5 nitrogen and oxygen atoms in total. The summed E-state index contributed by atoms with van der Waals surface area (Å²) in [5.41, 5.74) is 6.41. The first-order valence-corrected chi connectivity index (χ1v) is 14.0. The molecule has 36 heavy (non-hydrogen) atoms. The minimum Gasteiger partial charge on any atom is -0.487 e. The number of nitrogens with one attached hydrogen (secondary N) is 1. The highest BCUT2D eigenvalue weighted by Gasteiger charge is 2.13. The van der Waals surface area contributed by atoms with E-state index in [2.05, 4.69) is 90.9 Å². The number of hydrogen-bond donors (Lipinski definition) is 1. The van der Waals surface area contributed by atoms with Gasteiger partial charge >= 0.3 is 0 Å². The van der Waals surface area contributed by atoms with E-state index in [4.69, 9.17) is 4.74 Å². The number of rotatable bonds is 7. The summed E-state index contributed by atoms with van der Waals surface area (Å²) in [5, 5.41) is 6.60. The Morgan fingerprint density at radius 2 is 1.61 bits per heavy atom.